The molecule has 0 radical (unpaired) electrons. The van der Waals surface area contributed by atoms with Crippen molar-refractivity contribution in [1.82, 2.24) is 9.55 Å². The molecule has 4 rings (SSSR count). The Bertz CT molecular complexity index is 1270. The van der Waals surface area contributed by atoms with Gasteiger partial charge in [0.25, 0.3) is 5.56 Å². The molecular weight excluding hydrogens is 380 g/mol. The topological polar surface area (TPSA) is 70.4 Å². The average Bonchev–Trinajstić information content (AvgIpc) is 2.78. The van der Waals surface area contributed by atoms with Gasteiger partial charge in [-0.3, -0.25) is 14.2 Å². The van der Waals surface area contributed by atoms with E-state index in [-0.39, 0.29) is 17.9 Å². The minimum atomic E-state index is -0.200. The third kappa shape index (κ3) is 3.55. The van der Waals surface area contributed by atoms with Gasteiger partial charge in [-0.1, -0.05) is 48.5 Å². The van der Waals surface area contributed by atoms with Crippen LogP contribution >= 0.6 is 0 Å². The first kappa shape index (κ1) is 19.4. The Labute approximate surface area is 173 Å². The van der Waals surface area contributed by atoms with E-state index in [0.717, 1.165) is 5.69 Å². The third-order valence-corrected chi connectivity index (χ3v) is 4.80. The smallest absolute Gasteiger partial charge is 0.266 e. The van der Waals surface area contributed by atoms with Gasteiger partial charge < -0.3 is 9.47 Å². The highest BCUT2D eigenvalue weighted by Crippen LogP contribution is 2.33. The predicted octanol–water partition coefficient (Wildman–Crippen LogP) is 3.96. The molecule has 0 saturated heterocycles. The fourth-order valence-corrected chi connectivity index (χ4v) is 3.36. The van der Waals surface area contributed by atoms with Gasteiger partial charge in [-0.15, -0.1) is 0 Å². The van der Waals surface area contributed by atoms with Crippen molar-refractivity contribution in [3.05, 3.63) is 94.5 Å². The zero-order chi connectivity index (χ0) is 21.1. The molecule has 0 spiro atoms. The number of hydrogen-bond acceptors (Lipinski definition) is 5. The summed E-state index contributed by atoms with van der Waals surface area (Å²) < 4.78 is 12.8. The molecule has 4 aromatic rings. The molecule has 0 amide bonds. The Hall–Kier alpha value is -3.93. The van der Waals surface area contributed by atoms with Crippen LogP contribution in [-0.2, 0) is 0 Å². The monoisotopic (exact) mass is 400 g/mol. The molecule has 0 unspecified atom stereocenters. The van der Waals surface area contributed by atoms with Crippen LogP contribution in [0.5, 0.6) is 11.5 Å². The van der Waals surface area contributed by atoms with E-state index >= 15 is 0 Å². The minimum Gasteiger partial charge on any atom is -0.491 e. The Balaban J connectivity index is 1.73. The maximum absolute atomic E-state index is 13.2. The molecule has 3 aromatic carbocycles. The van der Waals surface area contributed by atoms with Crippen LogP contribution in [0, 0.1) is 6.92 Å². The fourth-order valence-electron chi connectivity index (χ4n) is 3.36. The molecule has 0 fully saturated rings. The van der Waals surface area contributed by atoms with Crippen LogP contribution in [0.15, 0.2) is 77.6 Å². The van der Waals surface area contributed by atoms with Crippen LogP contribution in [0.3, 0.4) is 0 Å². The van der Waals surface area contributed by atoms with Gasteiger partial charge in [-0.25, -0.2) is 4.98 Å². The van der Waals surface area contributed by atoms with E-state index in [2.05, 4.69) is 4.98 Å². The summed E-state index contributed by atoms with van der Waals surface area (Å²) in [4.78, 5) is 30.1. The number of ether oxygens (including phenoxy) is 2. The van der Waals surface area contributed by atoms with Crippen molar-refractivity contribution >= 4 is 16.7 Å². The van der Waals surface area contributed by atoms with E-state index in [4.69, 9.17) is 9.47 Å². The van der Waals surface area contributed by atoms with E-state index in [1.165, 1.54) is 7.11 Å². The Morgan fingerprint density at radius 2 is 1.63 bits per heavy atom. The maximum Gasteiger partial charge on any atom is 0.266 e. The van der Waals surface area contributed by atoms with Gasteiger partial charge in [-0.2, -0.15) is 0 Å². The lowest BCUT2D eigenvalue weighted by Crippen LogP contribution is -2.22. The van der Waals surface area contributed by atoms with Crippen molar-refractivity contribution in [1.29, 1.82) is 0 Å². The van der Waals surface area contributed by atoms with Crippen molar-refractivity contribution in [2.45, 2.75) is 6.92 Å². The predicted molar refractivity (Wildman–Crippen MR) is 115 cm³/mol. The van der Waals surface area contributed by atoms with Crippen LogP contribution in [0.4, 0.5) is 0 Å². The van der Waals surface area contributed by atoms with Gasteiger partial charge in [-0.05, 0) is 31.2 Å². The summed E-state index contributed by atoms with van der Waals surface area (Å²) in [5.41, 5.74) is 1.50. The number of fused-ring (bicyclic) bond motifs is 1. The summed E-state index contributed by atoms with van der Waals surface area (Å²) in [5.74, 6) is 1.06. The number of rotatable bonds is 6. The van der Waals surface area contributed by atoms with Gasteiger partial charge in [0.2, 0.25) is 0 Å². The van der Waals surface area contributed by atoms with E-state index in [9.17, 15) is 9.59 Å². The van der Waals surface area contributed by atoms with Crippen LogP contribution < -0.4 is 15.0 Å². The number of para-hydroxylation sites is 1. The minimum absolute atomic E-state index is 0.147. The summed E-state index contributed by atoms with van der Waals surface area (Å²) in [7, 11) is 1.49. The molecule has 0 bridgehead atoms. The summed E-state index contributed by atoms with van der Waals surface area (Å²) in [6.07, 6.45) is 0. The number of hydrogen-bond donors (Lipinski definition) is 0. The standard InChI is InChI=1S/C24H20N2O4/c1-16-25-22-19(24(28)26(16)18-11-7-4-8-12-18)13-14-21(23(22)29-2)30-15-20(27)17-9-5-3-6-10-17/h3-14H,15H2,1-2H3. The molecule has 6 heteroatoms. The van der Waals surface area contributed by atoms with E-state index in [0.29, 0.717) is 33.8 Å². The second-order valence-electron chi connectivity index (χ2n) is 6.71. The van der Waals surface area contributed by atoms with Crippen LogP contribution in [0.25, 0.3) is 16.6 Å². The highest BCUT2D eigenvalue weighted by atomic mass is 16.5. The summed E-state index contributed by atoms with van der Waals surface area (Å²) >= 11 is 0. The third-order valence-electron chi connectivity index (χ3n) is 4.80. The summed E-state index contributed by atoms with van der Waals surface area (Å²) in [6, 6.07) is 21.5. The van der Waals surface area contributed by atoms with Gasteiger partial charge in [0, 0.05) is 5.56 Å². The zero-order valence-corrected chi connectivity index (χ0v) is 16.7. The van der Waals surface area contributed by atoms with Gasteiger partial charge in [0.05, 0.1) is 18.2 Å². The van der Waals surface area contributed by atoms with E-state index < -0.39 is 0 Å². The Morgan fingerprint density at radius 3 is 2.30 bits per heavy atom. The van der Waals surface area contributed by atoms with Crippen molar-refractivity contribution in [2.24, 2.45) is 0 Å². The highest BCUT2D eigenvalue weighted by molar-refractivity contribution is 5.97. The number of carbonyl (C=O) groups is 1. The lowest BCUT2D eigenvalue weighted by Gasteiger charge is -2.15. The quantitative estimate of drug-likeness (QED) is 0.458. The first-order valence-corrected chi connectivity index (χ1v) is 9.47. The summed E-state index contributed by atoms with van der Waals surface area (Å²) in [5, 5.41) is 0.406. The molecule has 0 aliphatic carbocycles. The van der Waals surface area contributed by atoms with E-state index in [1.54, 1.807) is 47.9 Å². The fraction of sp³-hybridized carbons (Fsp3) is 0.125. The lowest BCUT2D eigenvalue weighted by molar-refractivity contribution is 0.0919. The number of carbonyl (C=O) groups excluding carboxylic acids is 1. The van der Waals surface area contributed by atoms with Crippen molar-refractivity contribution in [2.75, 3.05) is 13.7 Å². The molecule has 1 heterocycles. The number of aryl methyl sites for hydroxylation is 1. The van der Waals surface area contributed by atoms with Gasteiger partial charge in [0.15, 0.2) is 23.9 Å². The number of nitrogens with zero attached hydrogens (tertiary/aromatic N) is 2. The second-order valence-corrected chi connectivity index (χ2v) is 6.71. The Kier molecular flexibility index (Phi) is 5.30. The van der Waals surface area contributed by atoms with Crippen LogP contribution in [0.1, 0.15) is 16.2 Å². The van der Waals surface area contributed by atoms with Gasteiger partial charge in [0.1, 0.15) is 11.3 Å². The molecule has 0 saturated carbocycles. The first-order chi connectivity index (χ1) is 14.6. The van der Waals surface area contributed by atoms with E-state index in [1.807, 2.05) is 36.4 Å². The number of ketones is 1. The molecule has 1 aromatic heterocycles. The molecule has 6 nitrogen and oxygen atoms in total. The number of methoxy groups -OCH3 is 1. The van der Waals surface area contributed by atoms with Gasteiger partial charge >= 0.3 is 0 Å². The molecule has 30 heavy (non-hydrogen) atoms. The maximum atomic E-state index is 13.2. The average molecular weight is 400 g/mol. The zero-order valence-electron chi connectivity index (χ0n) is 16.7. The number of benzene rings is 3. The Morgan fingerprint density at radius 1 is 0.967 bits per heavy atom. The molecule has 0 N–H and O–H groups in total. The van der Waals surface area contributed by atoms with Crippen LogP contribution in [0.2, 0.25) is 0 Å². The SMILES string of the molecule is COc1c(OCC(=O)c2ccccc2)ccc2c(=O)n(-c3ccccc3)c(C)nc12. The molecule has 0 aliphatic rings. The number of aromatic nitrogens is 2. The number of Topliss-reactive ketones (excluding diaryl/α,β-unsaturated/α-hetero) is 1. The molecular formula is C24H20N2O4. The molecule has 0 aliphatic heterocycles. The molecule has 150 valence electrons. The summed E-state index contributed by atoms with van der Waals surface area (Å²) in [6.45, 7) is 1.62. The lowest BCUT2D eigenvalue weighted by atomic mass is 10.1. The largest absolute Gasteiger partial charge is 0.491 e. The van der Waals surface area contributed by atoms with Crippen molar-refractivity contribution in [3.63, 3.8) is 0 Å². The first-order valence-electron chi connectivity index (χ1n) is 9.47. The van der Waals surface area contributed by atoms with Crippen LogP contribution in [-0.4, -0.2) is 29.1 Å². The second kappa shape index (κ2) is 8.21. The highest BCUT2D eigenvalue weighted by Gasteiger charge is 2.18. The van der Waals surface area contributed by atoms with Crippen molar-refractivity contribution < 1.29 is 14.3 Å². The molecule has 0 atom stereocenters. The normalized spacial score (nSPS) is 10.7. The van der Waals surface area contributed by atoms with Crippen molar-refractivity contribution in [3.8, 4) is 17.2 Å².